The molecule has 3 aliphatic rings. The van der Waals surface area contributed by atoms with Crippen LogP contribution in [0.2, 0.25) is 0 Å². The van der Waals surface area contributed by atoms with Crippen molar-refractivity contribution in [1.82, 2.24) is 4.90 Å². The highest BCUT2D eigenvalue weighted by molar-refractivity contribution is 5.39. The number of hydrogen-bond acceptors (Lipinski definition) is 4. The summed E-state index contributed by atoms with van der Waals surface area (Å²) >= 11 is 0. The van der Waals surface area contributed by atoms with E-state index in [0.29, 0.717) is 5.92 Å². The fourth-order valence-corrected chi connectivity index (χ4v) is 3.55. The number of para-hydroxylation sites is 1. The minimum absolute atomic E-state index is 0.263. The summed E-state index contributed by atoms with van der Waals surface area (Å²) in [5.41, 5.74) is 1.36. The van der Waals surface area contributed by atoms with E-state index in [0.717, 1.165) is 58.0 Å². The minimum atomic E-state index is -0.263. The Morgan fingerprint density at radius 1 is 1.10 bits per heavy atom. The van der Waals surface area contributed by atoms with Crippen LogP contribution in [0.4, 0.5) is 0 Å². The summed E-state index contributed by atoms with van der Waals surface area (Å²) in [5, 5.41) is 0. The van der Waals surface area contributed by atoms with Gasteiger partial charge in [-0.15, -0.1) is 0 Å². The number of likely N-dealkylation sites (tertiary alicyclic amines) is 1. The molecule has 0 N–H and O–H groups in total. The number of fused-ring (bicyclic) bond motifs is 1. The van der Waals surface area contributed by atoms with Crippen LogP contribution in [0.25, 0.3) is 0 Å². The highest BCUT2D eigenvalue weighted by atomic mass is 16.7. The minimum Gasteiger partial charge on any atom is -0.493 e. The summed E-state index contributed by atoms with van der Waals surface area (Å²) in [4.78, 5) is 2.52. The van der Waals surface area contributed by atoms with Crippen molar-refractivity contribution in [3.8, 4) is 5.75 Å². The first kappa shape index (κ1) is 12.6. The van der Waals surface area contributed by atoms with Crippen molar-refractivity contribution < 1.29 is 14.2 Å². The van der Waals surface area contributed by atoms with E-state index in [4.69, 9.17) is 14.2 Å². The molecule has 0 amide bonds. The van der Waals surface area contributed by atoms with E-state index >= 15 is 0 Å². The summed E-state index contributed by atoms with van der Waals surface area (Å²) < 4.78 is 17.3. The molecule has 1 atom stereocenters. The number of hydrogen-bond donors (Lipinski definition) is 0. The monoisotopic (exact) mass is 275 g/mol. The second kappa shape index (κ2) is 5.02. The molecule has 2 fully saturated rings. The lowest BCUT2D eigenvalue weighted by Gasteiger charge is -2.38. The summed E-state index contributed by atoms with van der Waals surface area (Å²) in [6.07, 6.45) is 1.98. The van der Waals surface area contributed by atoms with Crippen LogP contribution >= 0.6 is 0 Å². The summed E-state index contributed by atoms with van der Waals surface area (Å²) in [6, 6.07) is 8.41. The van der Waals surface area contributed by atoms with Gasteiger partial charge in [0.05, 0.1) is 19.8 Å². The molecule has 2 saturated heterocycles. The number of nitrogens with zero attached hydrogens (tertiary/aromatic N) is 1. The predicted octanol–water partition coefficient (Wildman–Crippen LogP) is 2.00. The van der Waals surface area contributed by atoms with Crippen molar-refractivity contribution in [3.05, 3.63) is 29.8 Å². The Morgan fingerprint density at radius 3 is 2.65 bits per heavy atom. The molecular formula is C16H21NO3. The van der Waals surface area contributed by atoms with Crippen LogP contribution in [-0.4, -0.2) is 50.1 Å². The van der Waals surface area contributed by atoms with Crippen LogP contribution in [0.15, 0.2) is 24.3 Å². The van der Waals surface area contributed by atoms with Gasteiger partial charge in [0.15, 0.2) is 5.79 Å². The normalized spacial score (nSPS) is 28.5. The van der Waals surface area contributed by atoms with Crippen LogP contribution in [-0.2, 0) is 9.47 Å². The molecule has 0 radical (unpaired) electrons. The Labute approximate surface area is 119 Å². The highest BCUT2D eigenvalue weighted by Crippen LogP contribution is 2.36. The Morgan fingerprint density at radius 2 is 1.85 bits per heavy atom. The van der Waals surface area contributed by atoms with E-state index in [1.807, 2.05) is 6.07 Å². The third kappa shape index (κ3) is 2.22. The second-order valence-corrected chi connectivity index (χ2v) is 5.95. The highest BCUT2D eigenvalue weighted by Gasteiger charge is 2.40. The fraction of sp³-hybridized carbons (Fsp3) is 0.625. The van der Waals surface area contributed by atoms with Crippen molar-refractivity contribution >= 4 is 0 Å². The standard InChI is InChI=1S/C16H21NO3/c1-2-4-15-14(3-1)13(12-18-15)11-17-7-5-16(6-8-17)19-9-10-20-16/h1-4,13H,5-12H2. The van der Waals surface area contributed by atoms with Crippen LogP contribution in [0.5, 0.6) is 5.75 Å². The van der Waals surface area contributed by atoms with Gasteiger partial charge >= 0.3 is 0 Å². The zero-order valence-corrected chi connectivity index (χ0v) is 11.7. The average Bonchev–Trinajstić information content (AvgIpc) is 3.10. The molecule has 3 aliphatic heterocycles. The van der Waals surface area contributed by atoms with Crippen LogP contribution in [0.3, 0.4) is 0 Å². The molecule has 4 nitrogen and oxygen atoms in total. The summed E-state index contributed by atoms with van der Waals surface area (Å²) in [7, 11) is 0. The quantitative estimate of drug-likeness (QED) is 0.826. The van der Waals surface area contributed by atoms with E-state index in [-0.39, 0.29) is 5.79 Å². The predicted molar refractivity (Wildman–Crippen MR) is 75.0 cm³/mol. The molecule has 1 aromatic rings. The Bertz CT molecular complexity index is 474. The maximum absolute atomic E-state index is 5.78. The number of benzene rings is 1. The van der Waals surface area contributed by atoms with Gasteiger partial charge in [-0.25, -0.2) is 0 Å². The van der Waals surface area contributed by atoms with Gasteiger partial charge in [0.25, 0.3) is 0 Å². The summed E-state index contributed by atoms with van der Waals surface area (Å²) in [5.74, 6) is 1.31. The molecule has 1 aromatic carbocycles. The third-order valence-electron chi connectivity index (χ3n) is 4.71. The van der Waals surface area contributed by atoms with E-state index in [2.05, 4.69) is 23.1 Å². The number of ether oxygens (including phenoxy) is 3. The molecule has 0 saturated carbocycles. The number of piperidine rings is 1. The smallest absolute Gasteiger partial charge is 0.170 e. The van der Waals surface area contributed by atoms with E-state index in [1.54, 1.807) is 0 Å². The van der Waals surface area contributed by atoms with E-state index in [9.17, 15) is 0 Å². The third-order valence-corrected chi connectivity index (χ3v) is 4.71. The first-order chi connectivity index (χ1) is 9.85. The van der Waals surface area contributed by atoms with Gasteiger partial charge in [-0.3, -0.25) is 0 Å². The molecule has 108 valence electrons. The Kier molecular flexibility index (Phi) is 3.17. The molecule has 3 heterocycles. The maximum Gasteiger partial charge on any atom is 0.170 e. The van der Waals surface area contributed by atoms with Gasteiger partial charge in [0.2, 0.25) is 0 Å². The lowest BCUT2D eigenvalue weighted by Crippen LogP contribution is -2.46. The van der Waals surface area contributed by atoms with Crippen molar-refractivity contribution in [3.63, 3.8) is 0 Å². The van der Waals surface area contributed by atoms with Crippen molar-refractivity contribution in [2.75, 3.05) is 39.5 Å². The van der Waals surface area contributed by atoms with E-state index < -0.39 is 0 Å². The molecule has 4 heteroatoms. The lowest BCUT2D eigenvalue weighted by molar-refractivity contribution is -0.185. The van der Waals surface area contributed by atoms with Crippen molar-refractivity contribution in [1.29, 1.82) is 0 Å². The Balaban J connectivity index is 1.37. The lowest BCUT2D eigenvalue weighted by atomic mass is 9.98. The van der Waals surface area contributed by atoms with Gasteiger partial charge < -0.3 is 19.1 Å². The number of rotatable bonds is 2. The Hall–Kier alpha value is -1.10. The van der Waals surface area contributed by atoms with Gasteiger partial charge in [0, 0.05) is 44.0 Å². The van der Waals surface area contributed by atoms with Gasteiger partial charge in [-0.05, 0) is 6.07 Å². The molecule has 20 heavy (non-hydrogen) atoms. The molecule has 0 bridgehead atoms. The largest absolute Gasteiger partial charge is 0.493 e. The van der Waals surface area contributed by atoms with Crippen molar-refractivity contribution in [2.24, 2.45) is 0 Å². The summed E-state index contributed by atoms with van der Waals surface area (Å²) in [6.45, 7) is 5.51. The molecule has 0 aliphatic carbocycles. The maximum atomic E-state index is 5.78. The first-order valence-corrected chi connectivity index (χ1v) is 7.57. The zero-order valence-electron chi connectivity index (χ0n) is 11.7. The first-order valence-electron chi connectivity index (χ1n) is 7.57. The molecule has 1 unspecified atom stereocenters. The molecule has 4 rings (SSSR count). The fourth-order valence-electron chi connectivity index (χ4n) is 3.55. The zero-order chi connectivity index (χ0) is 13.4. The topological polar surface area (TPSA) is 30.9 Å². The van der Waals surface area contributed by atoms with Gasteiger partial charge in [-0.2, -0.15) is 0 Å². The second-order valence-electron chi connectivity index (χ2n) is 5.95. The van der Waals surface area contributed by atoms with Crippen molar-refractivity contribution in [2.45, 2.75) is 24.5 Å². The van der Waals surface area contributed by atoms with Crippen LogP contribution < -0.4 is 4.74 Å². The molecular weight excluding hydrogens is 254 g/mol. The molecule has 0 aromatic heterocycles. The van der Waals surface area contributed by atoms with E-state index in [1.165, 1.54) is 5.56 Å². The van der Waals surface area contributed by atoms with Crippen LogP contribution in [0, 0.1) is 0 Å². The average molecular weight is 275 g/mol. The van der Waals surface area contributed by atoms with Crippen LogP contribution in [0.1, 0.15) is 24.3 Å². The SMILES string of the molecule is c1ccc2c(c1)OCC2CN1CCC2(CC1)OCCO2. The van der Waals surface area contributed by atoms with Gasteiger partial charge in [-0.1, -0.05) is 18.2 Å². The van der Waals surface area contributed by atoms with Gasteiger partial charge in [0.1, 0.15) is 5.75 Å². The molecule has 1 spiro atoms.